The summed E-state index contributed by atoms with van der Waals surface area (Å²) in [6.45, 7) is 3.31. The van der Waals surface area contributed by atoms with Crippen LogP contribution in [0.2, 0.25) is 0 Å². The van der Waals surface area contributed by atoms with Crippen molar-refractivity contribution in [1.29, 1.82) is 0 Å². The van der Waals surface area contributed by atoms with Gasteiger partial charge in [-0.3, -0.25) is 8.62 Å². The summed E-state index contributed by atoms with van der Waals surface area (Å²) in [5.74, 6) is 0. The van der Waals surface area contributed by atoms with Gasteiger partial charge >= 0.3 is 25.8 Å². The number of rotatable bonds is 5. The SMILES string of the molecule is C=CCO.O=[PH]([O-])O[PH](=O)[O-].O=[PH]([O-])O[PH](=O)[O-].[Hf+4]. The first-order chi connectivity index (χ1) is 8.17. The summed E-state index contributed by atoms with van der Waals surface area (Å²) in [7, 11) is -14.1. The molecule has 19 heavy (non-hydrogen) atoms. The second-order valence-corrected chi connectivity index (χ2v) is 5.31. The summed E-state index contributed by atoms with van der Waals surface area (Å²) in [5.41, 5.74) is 0. The molecule has 16 heteroatoms. The van der Waals surface area contributed by atoms with Gasteiger partial charge in [-0.05, 0) is 0 Å². The zero-order valence-corrected chi connectivity index (χ0v) is 16.6. The van der Waals surface area contributed by atoms with Crippen molar-refractivity contribution in [2.75, 3.05) is 6.61 Å². The number of aliphatic hydroxyl groups is 1. The van der Waals surface area contributed by atoms with Crippen LogP contribution in [0.4, 0.5) is 0 Å². The van der Waals surface area contributed by atoms with Crippen LogP contribution in [0.15, 0.2) is 12.7 Å². The Labute approximate surface area is 129 Å². The maximum atomic E-state index is 9.29. The maximum absolute atomic E-state index is 9.29. The van der Waals surface area contributed by atoms with Crippen LogP contribution in [-0.2, 0) is 52.7 Å². The van der Waals surface area contributed by atoms with Crippen LogP contribution in [0, 0.1) is 0 Å². The van der Waals surface area contributed by atoms with Gasteiger partial charge in [-0.1, -0.05) is 6.08 Å². The van der Waals surface area contributed by atoms with Gasteiger partial charge in [0, 0.05) is 0 Å². The minimum absolute atomic E-state index is 0. The summed E-state index contributed by atoms with van der Waals surface area (Å²) in [5, 5.41) is 7.76. The summed E-state index contributed by atoms with van der Waals surface area (Å²) >= 11 is 0. The Morgan fingerprint density at radius 3 is 1.05 bits per heavy atom. The molecular formula is C3H10HfO11P4. The molecule has 0 spiro atoms. The number of hydrogen-bond donors (Lipinski definition) is 1. The third-order valence-electron chi connectivity index (χ3n) is 0.462. The van der Waals surface area contributed by atoms with Crippen molar-refractivity contribution in [1.82, 2.24) is 0 Å². The normalized spacial score (nSPS) is 15.0. The molecule has 0 rings (SSSR count). The van der Waals surface area contributed by atoms with E-state index in [0.717, 1.165) is 0 Å². The fourth-order valence-electron chi connectivity index (χ4n) is 0.136. The zero-order chi connectivity index (χ0) is 15.1. The minimum Gasteiger partial charge on any atom is -0.781 e. The summed E-state index contributed by atoms with van der Waals surface area (Å²) in [4.78, 5) is 37.1. The molecule has 0 aliphatic carbocycles. The summed E-state index contributed by atoms with van der Waals surface area (Å²) in [6, 6.07) is 0. The van der Waals surface area contributed by atoms with Gasteiger partial charge in [0.1, 0.15) is 33.0 Å². The van der Waals surface area contributed by atoms with Crippen LogP contribution in [0.3, 0.4) is 0 Å². The van der Waals surface area contributed by atoms with Crippen molar-refractivity contribution < 1.29 is 77.4 Å². The Bertz CT molecular complexity index is 256. The van der Waals surface area contributed by atoms with E-state index in [1.165, 1.54) is 6.08 Å². The maximum Gasteiger partial charge on any atom is 4.00 e. The van der Waals surface area contributed by atoms with E-state index >= 15 is 0 Å². The molecule has 4 unspecified atom stereocenters. The van der Waals surface area contributed by atoms with Crippen molar-refractivity contribution in [2.45, 2.75) is 0 Å². The third kappa shape index (κ3) is 54.5. The van der Waals surface area contributed by atoms with E-state index in [-0.39, 0.29) is 32.5 Å². The fourth-order valence-corrected chi connectivity index (χ4v) is 1.22. The van der Waals surface area contributed by atoms with E-state index in [0.29, 0.717) is 0 Å². The summed E-state index contributed by atoms with van der Waals surface area (Å²) in [6.07, 6.45) is 1.43. The quantitative estimate of drug-likeness (QED) is 0.221. The molecule has 0 aromatic heterocycles. The van der Waals surface area contributed by atoms with Crippen LogP contribution in [0.5, 0.6) is 0 Å². The molecule has 1 N–H and O–H groups in total. The second-order valence-electron chi connectivity index (χ2n) is 1.68. The third-order valence-corrected chi connectivity index (χ3v) is 3.13. The monoisotopic (exact) mass is 526 g/mol. The van der Waals surface area contributed by atoms with Gasteiger partial charge in [0.15, 0.2) is 0 Å². The van der Waals surface area contributed by atoms with Crippen molar-refractivity contribution in [3.8, 4) is 0 Å². The first-order valence-corrected chi connectivity index (χ1v) is 8.48. The van der Waals surface area contributed by atoms with Gasteiger partial charge in [0.25, 0.3) is 0 Å². The van der Waals surface area contributed by atoms with Crippen LogP contribution in [0.1, 0.15) is 0 Å². The molecule has 11 nitrogen and oxygen atoms in total. The van der Waals surface area contributed by atoms with Gasteiger partial charge in [0.2, 0.25) is 0 Å². The molecule has 0 aromatic rings. The van der Waals surface area contributed by atoms with Crippen LogP contribution >= 0.6 is 33.0 Å². The van der Waals surface area contributed by atoms with Crippen LogP contribution in [0.25, 0.3) is 0 Å². The zero-order valence-electron chi connectivity index (χ0n) is 9.02. The Morgan fingerprint density at radius 2 is 1.05 bits per heavy atom. The van der Waals surface area contributed by atoms with E-state index in [9.17, 15) is 37.8 Å². The Balaban J connectivity index is -0.0000000900. The summed E-state index contributed by atoms with van der Waals surface area (Å²) < 4.78 is 43.6. The molecular weight excluding hydrogens is 514 g/mol. The van der Waals surface area contributed by atoms with Gasteiger partial charge in [-0.25, -0.2) is 0 Å². The molecule has 0 saturated heterocycles. The molecule has 4 atom stereocenters. The predicted octanol–water partition coefficient (Wildman–Crippen LogP) is -2.83. The molecule has 0 bridgehead atoms. The fraction of sp³-hybridized carbons (Fsp3) is 0.333. The molecule has 0 saturated carbocycles. The molecule has 0 radical (unpaired) electrons. The first-order valence-electron chi connectivity index (χ1n) is 3.58. The van der Waals surface area contributed by atoms with Crippen LogP contribution < -0.4 is 19.6 Å². The molecule has 0 amide bonds. The minimum atomic E-state index is -3.51. The smallest absolute Gasteiger partial charge is 0.781 e. The molecule has 0 heterocycles. The average Bonchev–Trinajstić information content (AvgIpc) is 2.14. The van der Waals surface area contributed by atoms with Crippen molar-refractivity contribution in [3.05, 3.63) is 12.7 Å². The van der Waals surface area contributed by atoms with Gasteiger partial charge in [-0.15, -0.1) is 6.58 Å². The number of hydrogen-bond acceptors (Lipinski definition) is 11. The van der Waals surface area contributed by atoms with Crippen molar-refractivity contribution >= 4 is 33.0 Å². The van der Waals surface area contributed by atoms with Gasteiger partial charge < -0.3 is 42.9 Å². The average molecular weight is 524 g/mol. The van der Waals surface area contributed by atoms with Crippen LogP contribution in [-0.4, -0.2) is 11.7 Å². The molecule has 0 aromatic carbocycles. The van der Waals surface area contributed by atoms with Crippen molar-refractivity contribution in [2.24, 2.45) is 0 Å². The molecule has 112 valence electrons. The predicted molar refractivity (Wildman–Crippen MR) is 55.5 cm³/mol. The van der Waals surface area contributed by atoms with E-state index in [1.807, 2.05) is 0 Å². The molecule has 0 aliphatic rings. The largest absolute Gasteiger partial charge is 4.00 e. The Kier molecular flexibility index (Phi) is 32.2. The van der Waals surface area contributed by atoms with Gasteiger partial charge in [0.05, 0.1) is 6.61 Å². The van der Waals surface area contributed by atoms with E-state index in [4.69, 9.17) is 5.11 Å². The Morgan fingerprint density at radius 1 is 0.895 bits per heavy atom. The standard InChI is InChI=1S/C3H6O.Hf.2H4O5P2/c1-2-3-4;;2*1-6(2)5-7(3)4/h2,4H,1,3H2;;2*6-7H,(H,1,2)(H,3,4)/q;+4;;/p-4. The van der Waals surface area contributed by atoms with Gasteiger partial charge in [-0.2, -0.15) is 0 Å². The molecule has 0 aliphatic heterocycles. The Hall–Kier alpha value is 1.25. The molecule has 0 fully saturated rings. The number of aliphatic hydroxyl groups excluding tert-OH is 1. The van der Waals surface area contributed by atoms with E-state index < -0.39 is 33.0 Å². The van der Waals surface area contributed by atoms with E-state index in [2.05, 4.69) is 15.2 Å². The second kappa shape index (κ2) is 21.5. The first kappa shape index (κ1) is 28.4. The van der Waals surface area contributed by atoms with E-state index in [1.54, 1.807) is 0 Å². The van der Waals surface area contributed by atoms with Crippen molar-refractivity contribution in [3.63, 3.8) is 0 Å². The topological polar surface area (TPSA) is 199 Å².